The van der Waals surface area contributed by atoms with Gasteiger partial charge in [-0.25, -0.2) is 9.59 Å². The van der Waals surface area contributed by atoms with E-state index in [9.17, 15) is 14.4 Å². The van der Waals surface area contributed by atoms with Gasteiger partial charge in [-0.05, 0) is 18.4 Å². The average Bonchev–Trinajstić information content (AvgIpc) is 2.82. The second-order valence-corrected chi connectivity index (χ2v) is 5.99. The Morgan fingerprint density at radius 1 is 1.58 bits per heavy atom. The number of amides is 3. The van der Waals surface area contributed by atoms with E-state index in [1.54, 1.807) is 0 Å². The molecular formula is C10H17N3O4S2. The van der Waals surface area contributed by atoms with Crippen LogP contribution in [0.3, 0.4) is 0 Å². The predicted octanol–water partition coefficient (Wildman–Crippen LogP) is -0.237. The van der Waals surface area contributed by atoms with Gasteiger partial charge < -0.3 is 21.1 Å². The van der Waals surface area contributed by atoms with Crippen LogP contribution < -0.4 is 11.1 Å². The van der Waals surface area contributed by atoms with Crippen LogP contribution in [0.5, 0.6) is 0 Å². The zero-order valence-electron chi connectivity index (χ0n) is 10.5. The zero-order chi connectivity index (χ0) is 14.4. The fourth-order valence-electron chi connectivity index (χ4n) is 1.73. The van der Waals surface area contributed by atoms with Gasteiger partial charge in [0.1, 0.15) is 12.1 Å². The van der Waals surface area contributed by atoms with Gasteiger partial charge in [0.25, 0.3) is 0 Å². The topological polar surface area (TPSA) is 113 Å². The van der Waals surface area contributed by atoms with Crippen molar-refractivity contribution in [2.45, 2.75) is 18.5 Å². The van der Waals surface area contributed by atoms with E-state index in [1.807, 2.05) is 6.26 Å². The minimum Gasteiger partial charge on any atom is -0.480 e. The number of carboxylic acid groups (broad SMARTS) is 1. The molecule has 19 heavy (non-hydrogen) atoms. The summed E-state index contributed by atoms with van der Waals surface area (Å²) in [5.74, 6) is -0.0415. The molecule has 7 nitrogen and oxygen atoms in total. The molecular weight excluding hydrogens is 290 g/mol. The van der Waals surface area contributed by atoms with E-state index in [1.165, 1.54) is 28.4 Å². The first-order chi connectivity index (χ1) is 8.97. The predicted molar refractivity (Wildman–Crippen MR) is 75.1 cm³/mol. The molecule has 1 rings (SSSR count). The number of hydrogen-bond donors (Lipinski definition) is 3. The van der Waals surface area contributed by atoms with Crippen molar-refractivity contribution in [1.29, 1.82) is 0 Å². The fourth-order valence-corrected chi connectivity index (χ4v) is 3.36. The van der Waals surface area contributed by atoms with E-state index >= 15 is 0 Å². The lowest BCUT2D eigenvalue weighted by Crippen LogP contribution is -2.53. The van der Waals surface area contributed by atoms with Crippen molar-refractivity contribution in [3.05, 3.63) is 0 Å². The number of rotatable bonds is 6. The zero-order valence-corrected chi connectivity index (χ0v) is 12.1. The summed E-state index contributed by atoms with van der Waals surface area (Å²) in [6, 6.07) is -2.37. The number of urea groups is 1. The summed E-state index contributed by atoms with van der Waals surface area (Å²) in [6.07, 6.45) is 2.31. The van der Waals surface area contributed by atoms with Crippen LogP contribution in [0.25, 0.3) is 0 Å². The Labute approximate surface area is 119 Å². The molecule has 1 heterocycles. The summed E-state index contributed by atoms with van der Waals surface area (Å²) < 4.78 is 0. The highest BCUT2D eigenvalue weighted by Gasteiger charge is 2.37. The molecule has 0 aliphatic carbocycles. The molecule has 108 valence electrons. The minimum atomic E-state index is -1.03. The van der Waals surface area contributed by atoms with Crippen LogP contribution >= 0.6 is 23.5 Å². The standard InChI is InChI=1S/C10H17N3O4S2/c1-18-3-2-6(12-10(11)17)8(14)13-5-19-4-7(13)9(15)16/h6-7H,2-5H2,1H3,(H,15,16)(H3,11,12,17). The molecule has 1 aliphatic rings. The summed E-state index contributed by atoms with van der Waals surface area (Å²) in [7, 11) is 0. The molecule has 4 N–H and O–H groups in total. The van der Waals surface area contributed by atoms with Gasteiger partial charge in [0.05, 0.1) is 5.88 Å². The number of carbonyl (C=O) groups excluding carboxylic acids is 2. The fraction of sp³-hybridized carbons (Fsp3) is 0.700. The number of hydrogen-bond acceptors (Lipinski definition) is 5. The molecule has 0 saturated carbocycles. The molecule has 2 atom stereocenters. The molecule has 0 radical (unpaired) electrons. The van der Waals surface area contributed by atoms with E-state index in [4.69, 9.17) is 10.8 Å². The normalized spacial score (nSPS) is 20.1. The molecule has 3 amide bonds. The van der Waals surface area contributed by atoms with Crippen molar-refractivity contribution in [1.82, 2.24) is 10.2 Å². The maximum absolute atomic E-state index is 12.3. The monoisotopic (exact) mass is 307 g/mol. The Morgan fingerprint density at radius 2 is 2.26 bits per heavy atom. The first-order valence-electron chi connectivity index (χ1n) is 5.63. The van der Waals surface area contributed by atoms with Gasteiger partial charge in [-0.2, -0.15) is 11.8 Å². The summed E-state index contributed by atoms with van der Waals surface area (Å²) in [6.45, 7) is 0. The Bertz CT molecular complexity index is 367. The van der Waals surface area contributed by atoms with E-state index in [0.717, 1.165) is 0 Å². The van der Waals surface area contributed by atoms with Crippen molar-refractivity contribution in [2.24, 2.45) is 5.73 Å². The largest absolute Gasteiger partial charge is 0.480 e. The quantitative estimate of drug-likeness (QED) is 0.624. The van der Waals surface area contributed by atoms with E-state index in [2.05, 4.69) is 5.32 Å². The number of nitrogens with one attached hydrogen (secondary N) is 1. The molecule has 1 aliphatic heterocycles. The summed E-state index contributed by atoms with van der Waals surface area (Å²) in [5, 5.41) is 11.4. The van der Waals surface area contributed by atoms with Crippen molar-refractivity contribution < 1.29 is 19.5 Å². The van der Waals surface area contributed by atoms with Crippen LogP contribution in [0.2, 0.25) is 0 Å². The third kappa shape index (κ3) is 4.50. The Hall–Kier alpha value is -1.09. The molecule has 0 aromatic carbocycles. The molecule has 2 unspecified atom stereocenters. The first kappa shape index (κ1) is 16.0. The van der Waals surface area contributed by atoms with Crippen molar-refractivity contribution in [3.63, 3.8) is 0 Å². The van der Waals surface area contributed by atoms with Gasteiger partial charge in [0, 0.05) is 5.75 Å². The maximum Gasteiger partial charge on any atom is 0.327 e. The lowest BCUT2D eigenvalue weighted by Gasteiger charge is -2.26. The number of nitrogens with two attached hydrogens (primary N) is 1. The second-order valence-electron chi connectivity index (χ2n) is 4.00. The first-order valence-corrected chi connectivity index (χ1v) is 8.18. The van der Waals surface area contributed by atoms with Crippen LogP contribution in [-0.4, -0.2) is 63.6 Å². The third-order valence-corrected chi connectivity index (χ3v) is 4.33. The number of primary amides is 1. The highest BCUT2D eigenvalue weighted by molar-refractivity contribution is 7.99. The highest BCUT2D eigenvalue weighted by Crippen LogP contribution is 2.22. The van der Waals surface area contributed by atoms with Crippen LogP contribution in [0.1, 0.15) is 6.42 Å². The molecule has 1 saturated heterocycles. The molecule has 9 heteroatoms. The van der Waals surface area contributed by atoms with Crippen LogP contribution in [-0.2, 0) is 9.59 Å². The average molecular weight is 307 g/mol. The summed E-state index contributed by atoms with van der Waals surface area (Å²) in [4.78, 5) is 35.5. The van der Waals surface area contributed by atoms with Crippen LogP contribution in [0.4, 0.5) is 4.79 Å². The lowest BCUT2D eigenvalue weighted by atomic mass is 10.1. The maximum atomic E-state index is 12.3. The number of carboxylic acids is 1. The minimum absolute atomic E-state index is 0.325. The summed E-state index contributed by atoms with van der Waals surface area (Å²) in [5.41, 5.74) is 5.05. The van der Waals surface area contributed by atoms with E-state index in [-0.39, 0.29) is 5.91 Å². The van der Waals surface area contributed by atoms with Crippen molar-refractivity contribution in [2.75, 3.05) is 23.6 Å². The molecule has 0 bridgehead atoms. The van der Waals surface area contributed by atoms with E-state index in [0.29, 0.717) is 23.8 Å². The Balaban J connectivity index is 2.73. The van der Waals surface area contributed by atoms with Crippen LogP contribution in [0.15, 0.2) is 0 Å². The number of carbonyl (C=O) groups is 3. The number of thioether (sulfide) groups is 2. The van der Waals surface area contributed by atoms with Crippen molar-refractivity contribution >= 4 is 41.4 Å². The lowest BCUT2D eigenvalue weighted by molar-refractivity contribution is -0.148. The van der Waals surface area contributed by atoms with E-state index < -0.39 is 24.1 Å². The van der Waals surface area contributed by atoms with Gasteiger partial charge in [0.15, 0.2) is 0 Å². The number of aliphatic carboxylic acids is 1. The second kappa shape index (κ2) is 7.49. The van der Waals surface area contributed by atoms with Crippen molar-refractivity contribution in [3.8, 4) is 0 Å². The highest BCUT2D eigenvalue weighted by atomic mass is 32.2. The van der Waals surface area contributed by atoms with Gasteiger partial charge in [-0.15, -0.1) is 11.8 Å². The van der Waals surface area contributed by atoms with Gasteiger partial charge in [0.2, 0.25) is 5.91 Å². The molecule has 0 aromatic rings. The SMILES string of the molecule is CSCCC(NC(N)=O)C(=O)N1CSCC1C(=O)O. The van der Waals surface area contributed by atoms with Gasteiger partial charge in [-0.1, -0.05) is 0 Å². The Morgan fingerprint density at radius 3 is 2.79 bits per heavy atom. The van der Waals surface area contributed by atoms with Crippen LogP contribution in [0, 0.1) is 0 Å². The third-order valence-electron chi connectivity index (χ3n) is 2.68. The van der Waals surface area contributed by atoms with Gasteiger partial charge >= 0.3 is 12.0 Å². The Kier molecular flexibility index (Phi) is 6.29. The van der Waals surface area contributed by atoms with Gasteiger partial charge in [-0.3, -0.25) is 4.79 Å². The summed E-state index contributed by atoms with van der Waals surface area (Å²) >= 11 is 2.92. The number of nitrogens with zero attached hydrogens (tertiary/aromatic N) is 1. The molecule has 0 spiro atoms. The smallest absolute Gasteiger partial charge is 0.327 e. The molecule has 0 aromatic heterocycles. The molecule has 1 fully saturated rings.